The fraction of sp³-hybridized carbons (Fsp3) is 0.269. The summed E-state index contributed by atoms with van der Waals surface area (Å²) in [7, 11) is 5.68. The normalized spacial score (nSPS) is 12.8. The molecule has 0 aliphatic rings. The molecule has 0 saturated carbocycles. The molecule has 8 nitrogen and oxygen atoms in total. The highest BCUT2D eigenvalue weighted by atomic mass is 32.1. The van der Waals surface area contributed by atoms with Crippen molar-refractivity contribution in [3.05, 3.63) is 84.2 Å². The number of hydrogen-bond acceptors (Lipinski definition) is 9. The number of anilines is 1. The van der Waals surface area contributed by atoms with E-state index in [0.717, 1.165) is 29.1 Å². The van der Waals surface area contributed by atoms with E-state index in [4.69, 9.17) is 9.47 Å². The fourth-order valence-corrected chi connectivity index (χ4v) is 4.31. The Morgan fingerprint density at radius 1 is 0.971 bits per heavy atom. The first-order valence-electron chi connectivity index (χ1n) is 11.3. The molecule has 182 valence electrons. The van der Waals surface area contributed by atoms with E-state index in [0.29, 0.717) is 22.2 Å². The van der Waals surface area contributed by atoms with Crippen molar-refractivity contribution in [2.24, 2.45) is 0 Å². The lowest BCUT2D eigenvalue weighted by Gasteiger charge is -2.23. The average molecular weight is 492 g/mol. The SMILES string of the molecule is COc1cc(C(O)Nc2nnc(-c3ccncc3)s2)ccc1O[C@H](CCN(C)C)c1ccccc1. The molecule has 2 heterocycles. The average Bonchev–Trinajstić information content (AvgIpc) is 3.36. The van der Waals surface area contributed by atoms with Gasteiger partial charge in [0.1, 0.15) is 11.1 Å². The lowest BCUT2D eigenvalue weighted by Crippen LogP contribution is -2.19. The van der Waals surface area contributed by atoms with Crippen molar-refractivity contribution in [1.29, 1.82) is 0 Å². The maximum atomic E-state index is 10.8. The van der Waals surface area contributed by atoms with E-state index < -0.39 is 6.23 Å². The van der Waals surface area contributed by atoms with Crippen LogP contribution in [0.3, 0.4) is 0 Å². The molecule has 0 saturated heterocycles. The summed E-state index contributed by atoms with van der Waals surface area (Å²) in [6, 6.07) is 19.3. The number of nitrogens with zero attached hydrogens (tertiary/aromatic N) is 4. The van der Waals surface area contributed by atoms with E-state index >= 15 is 0 Å². The molecule has 0 spiro atoms. The van der Waals surface area contributed by atoms with Gasteiger partial charge in [0.25, 0.3) is 0 Å². The van der Waals surface area contributed by atoms with Crippen molar-refractivity contribution < 1.29 is 14.6 Å². The van der Waals surface area contributed by atoms with Gasteiger partial charge in [0.15, 0.2) is 17.7 Å². The molecule has 0 bridgehead atoms. The van der Waals surface area contributed by atoms with Gasteiger partial charge in [-0.3, -0.25) is 4.98 Å². The minimum Gasteiger partial charge on any atom is -0.493 e. The molecule has 4 rings (SSSR count). The van der Waals surface area contributed by atoms with Gasteiger partial charge in [0.05, 0.1) is 7.11 Å². The third-order valence-corrected chi connectivity index (χ3v) is 6.30. The minimum absolute atomic E-state index is 0.130. The standard InChI is InChI=1S/C26H29N5O3S/c1-31(2)16-13-21(18-7-5-4-6-8-18)34-22-10-9-20(17-23(22)33-3)24(32)28-26-30-29-25(35-26)19-11-14-27-15-12-19/h4-12,14-15,17,21,24,32H,13,16H2,1-3H3,(H,28,30)/t21-,24?/m1/s1. The number of aliphatic hydroxyl groups is 1. The van der Waals surface area contributed by atoms with E-state index in [1.54, 1.807) is 25.6 Å². The highest BCUT2D eigenvalue weighted by Gasteiger charge is 2.19. The lowest BCUT2D eigenvalue weighted by atomic mass is 10.1. The number of aliphatic hydroxyl groups excluding tert-OH is 1. The molecule has 2 aromatic heterocycles. The predicted octanol–water partition coefficient (Wildman–Crippen LogP) is 4.78. The fourth-order valence-electron chi connectivity index (χ4n) is 3.53. The zero-order valence-electron chi connectivity index (χ0n) is 20.0. The maximum Gasteiger partial charge on any atom is 0.208 e. The monoisotopic (exact) mass is 491 g/mol. The zero-order chi connectivity index (χ0) is 24.6. The molecular weight excluding hydrogens is 462 g/mol. The number of aromatic nitrogens is 3. The lowest BCUT2D eigenvalue weighted by molar-refractivity contribution is 0.172. The second-order valence-electron chi connectivity index (χ2n) is 8.21. The number of nitrogens with one attached hydrogen (secondary N) is 1. The van der Waals surface area contributed by atoms with Crippen molar-refractivity contribution in [1.82, 2.24) is 20.1 Å². The van der Waals surface area contributed by atoms with Gasteiger partial charge in [-0.15, -0.1) is 10.2 Å². The number of hydrogen-bond donors (Lipinski definition) is 2. The van der Waals surface area contributed by atoms with Crippen LogP contribution in [0.4, 0.5) is 5.13 Å². The Morgan fingerprint density at radius 3 is 2.46 bits per heavy atom. The van der Waals surface area contributed by atoms with Gasteiger partial charge in [0.2, 0.25) is 5.13 Å². The largest absolute Gasteiger partial charge is 0.493 e. The first-order chi connectivity index (χ1) is 17.0. The molecule has 0 aliphatic heterocycles. The molecule has 9 heteroatoms. The molecule has 0 fully saturated rings. The van der Waals surface area contributed by atoms with Crippen LogP contribution in [0.25, 0.3) is 10.6 Å². The summed E-state index contributed by atoms with van der Waals surface area (Å²) >= 11 is 1.35. The number of rotatable bonds is 11. The van der Waals surface area contributed by atoms with Crippen molar-refractivity contribution in [3.63, 3.8) is 0 Å². The highest BCUT2D eigenvalue weighted by Crippen LogP contribution is 2.35. The van der Waals surface area contributed by atoms with Gasteiger partial charge in [0, 0.05) is 36.5 Å². The summed E-state index contributed by atoms with van der Waals surface area (Å²) in [6.45, 7) is 0.881. The van der Waals surface area contributed by atoms with E-state index in [-0.39, 0.29) is 6.10 Å². The first kappa shape index (κ1) is 24.6. The number of benzene rings is 2. The predicted molar refractivity (Wildman–Crippen MR) is 138 cm³/mol. The van der Waals surface area contributed by atoms with Crippen molar-refractivity contribution in [2.45, 2.75) is 18.8 Å². The summed E-state index contributed by atoms with van der Waals surface area (Å²) in [4.78, 5) is 6.15. The summed E-state index contributed by atoms with van der Waals surface area (Å²) in [5.41, 5.74) is 2.65. The van der Waals surface area contributed by atoms with Crippen molar-refractivity contribution in [2.75, 3.05) is 33.1 Å². The molecule has 4 aromatic rings. The molecule has 2 aromatic carbocycles. The number of ether oxygens (including phenoxy) is 2. The quantitative estimate of drug-likeness (QED) is 0.290. The first-order valence-corrected chi connectivity index (χ1v) is 12.1. The van der Waals surface area contributed by atoms with Gasteiger partial charge >= 0.3 is 0 Å². The smallest absolute Gasteiger partial charge is 0.208 e. The minimum atomic E-state index is -0.991. The van der Waals surface area contributed by atoms with E-state index in [2.05, 4.69) is 37.5 Å². The summed E-state index contributed by atoms with van der Waals surface area (Å²) in [5, 5.41) is 23.4. The zero-order valence-corrected chi connectivity index (χ0v) is 20.8. The van der Waals surface area contributed by atoms with E-state index in [1.165, 1.54) is 11.3 Å². The summed E-state index contributed by atoms with van der Waals surface area (Å²) in [6.07, 6.45) is 3.11. The second kappa shape index (κ2) is 11.7. The van der Waals surface area contributed by atoms with E-state index in [1.807, 2.05) is 56.6 Å². The number of pyridine rings is 1. The van der Waals surface area contributed by atoms with Crippen LogP contribution in [-0.2, 0) is 0 Å². The van der Waals surface area contributed by atoms with Crippen LogP contribution in [0.15, 0.2) is 73.1 Å². The Bertz CT molecular complexity index is 1200. The molecule has 35 heavy (non-hydrogen) atoms. The molecular formula is C26H29N5O3S. The number of methoxy groups -OCH3 is 1. The van der Waals surface area contributed by atoms with Gasteiger partial charge in [-0.25, -0.2) is 0 Å². The van der Waals surface area contributed by atoms with Crippen LogP contribution in [0, 0.1) is 0 Å². The molecule has 0 amide bonds. The van der Waals surface area contributed by atoms with Crippen molar-refractivity contribution in [3.8, 4) is 22.1 Å². The van der Waals surface area contributed by atoms with Crippen molar-refractivity contribution >= 4 is 16.5 Å². The molecule has 2 N–H and O–H groups in total. The molecule has 1 unspecified atom stereocenters. The van der Waals surface area contributed by atoms with Crippen LogP contribution in [0.2, 0.25) is 0 Å². The Labute approximate surface area is 209 Å². The molecule has 0 aliphatic carbocycles. The summed E-state index contributed by atoms with van der Waals surface area (Å²) < 4.78 is 12.0. The Hall–Kier alpha value is -3.53. The molecule has 2 atom stereocenters. The Balaban J connectivity index is 1.48. The Kier molecular flexibility index (Phi) is 8.25. The maximum absolute atomic E-state index is 10.8. The van der Waals surface area contributed by atoms with Crippen LogP contribution in [0.1, 0.15) is 29.9 Å². The molecule has 0 radical (unpaired) electrons. The van der Waals surface area contributed by atoms with Crippen LogP contribution >= 0.6 is 11.3 Å². The Morgan fingerprint density at radius 2 is 1.74 bits per heavy atom. The van der Waals surface area contributed by atoms with Gasteiger partial charge < -0.3 is 24.8 Å². The van der Waals surface area contributed by atoms with Crippen LogP contribution in [0.5, 0.6) is 11.5 Å². The topological polar surface area (TPSA) is 92.6 Å². The van der Waals surface area contributed by atoms with Crippen LogP contribution in [-0.4, -0.2) is 52.9 Å². The second-order valence-corrected chi connectivity index (χ2v) is 9.19. The van der Waals surface area contributed by atoms with E-state index in [9.17, 15) is 5.11 Å². The van der Waals surface area contributed by atoms with Crippen LogP contribution < -0.4 is 14.8 Å². The van der Waals surface area contributed by atoms with Gasteiger partial charge in [-0.2, -0.15) is 0 Å². The summed E-state index contributed by atoms with van der Waals surface area (Å²) in [5.74, 6) is 1.16. The van der Waals surface area contributed by atoms with Gasteiger partial charge in [-0.05, 0) is 43.9 Å². The third-order valence-electron chi connectivity index (χ3n) is 5.39. The highest BCUT2D eigenvalue weighted by molar-refractivity contribution is 7.18. The van der Waals surface area contributed by atoms with Gasteiger partial charge in [-0.1, -0.05) is 47.7 Å². The third kappa shape index (κ3) is 6.54.